The molecule has 0 aliphatic rings. The number of hydrogen-bond donors (Lipinski definition) is 2. The summed E-state index contributed by atoms with van der Waals surface area (Å²) in [6, 6.07) is 13.2. The summed E-state index contributed by atoms with van der Waals surface area (Å²) in [5.41, 5.74) is 1.53. The van der Waals surface area contributed by atoms with Crippen LogP contribution in [0, 0.1) is 0 Å². The number of benzene rings is 2. The van der Waals surface area contributed by atoms with Crippen LogP contribution in [0.3, 0.4) is 0 Å². The molecule has 3 aromatic rings. The lowest BCUT2D eigenvalue weighted by Gasteiger charge is -2.23. The molecule has 0 bridgehead atoms. The maximum absolute atomic E-state index is 12.7. The molecule has 9 heteroatoms. The SMILES string of the molecule is O=CN(O)C(CS(=O)(=O)Cc1cnc2ccccc2c1)c1ccc(C(=O)O)cc1. The molecule has 3 rings (SSSR count). The van der Waals surface area contributed by atoms with Gasteiger partial charge in [-0.05, 0) is 35.4 Å². The second-order valence-corrected chi connectivity index (χ2v) is 8.63. The minimum atomic E-state index is -3.75. The van der Waals surface area contributed by atoms with Crippen LogP contribution in [0.1, 0.15) is 27.5 Å². The van der Waals surface area contributed by atoms with Crippen molar-refractivity contribution in [1.82, 2.24) is 10.0 Å². The van der Waals surface area contributed by atoms with Crippen molar-refractivity contribution in [2.75, 3.05) is 5.75 Å². The Kier molecular flexibility index (Phi) is 5.90. The van der Waals surface area contributed by atoms with Crippen molar-refractivity contribution in [3.05, 3.63) is 77.5 Å². The molecule has 1 atom stereocenters. The van der Waals surface area contributed by atoms with Gasteiger partial charge in [-0.15, -0.1) is 0 Å². The van der Waals surface area contributed by atoms with Crippen LogP contribution in [0.2, 0.25) is 0 Å². The fourth-order valence-electron chi connectivity index (χ4n) is 3.00. The van der Waals surface area contributed by atoms with Gasteiger partial charge in [-0.25, -0.2) is 18.3 Å². The van der Waals surface area contributed by atoms with Gasteiger partial charge < -0.3 is 5.11 Å². The maximum atomic E-state index is 12.7. The van der Waals surface area contributed by atoms with Gasteiger partial charge in [0.15, 0.2) is 9.84 Å². The standard InChI is InChI=1S/C20H18N2O6S/c23-13-22(26)19(15-5-7-16(8-6-15)20(24)25)12-29(27,28)11-14-9-17-3-1-2-4-18(17)21-10-14/h1-10,13,19,26H,11-12H2,(H,24,25). The third-order valence-electron chi connectivity index (χ3n) is 4.42. The molecular weight excluding hydrogens is 396 g/mol. The summed E-state index contributed by atoms with van der Waals surface area (Å²) >= 11 is 0. The Bertz CT molecular complexity index is 1150. The first-order valence-electron chi connectivity index (χ1n) is 8.59. The third-order valence-corrected chi connectivity index (χ3v) is 6.01. The first-order chi connectivity index (χ1) is 13.8. The van der Waals surface area contributed by atoms with Gasteiger partial charge in [0.1, 0.15) is 0 Å². The van der Waals surface area contributed by atoms with Crippen LogP contribution in [0.4, 0.5) is 0 Å². The highest BCUT2D eigenvalue weighted by Gasteiger charge is 2.26. The molecule has 1 heterocycles. The molecule has 1 amide bonds. The number of aromatic nitrogens is 1. The Morgan fingerprint density at radius 1 is 1.14 bits per heavy atom. The number of hydrogen-bond acceptors (Lipinski definition) is 6. The monoisotopic (exact) mass is 414 g/mol. The van der Waals surface area contributed by atoms with Crippen molar-refractivity contribution in [3.63, 3.8) is 0 Å². The smallest absolute Gasteiger partial charge is 0.335 e. The van der Waals surface area contributed by atoms with Crippen LogP contribution in [0.5, 0.6) is 0 Å². The number of carboxylic acids is 1. The number of rotatable bonds is 8. The normalized spacial score (nSPS) is 12.4. The topological polar surface area (TPSA) is 125 Å². The molecule has 0 aliphatic carbocycles. The number of sulfone groups is 1. The summed E-state index contributed by atoms with van der Waals surface area (Å²) in [6.07, 6.45) is 1.59. The Hall–Kier alpha value is -3.30. The minimum absolute atomic E-state index is 0.00758. The van der Waals surface area contributed by atoms with E-state index in [4.69, 9.17) is 5.11 Å². The van der Waals surface area contributed by atoms with E-state index in [1.807, 2.05) is 24.3 Å². The molecular formula is C20H18N2O6S. The maximum Gasteiger partial charge on any atom is 0.335 e. The number of hydroxylamine groups is 2. The molecule has 0 aliphatic heterocycles. The summed E-state index contributed by atoms with van der Waals surface area (Å²) in [5.74, 6) is -2.00. The number of carbonyl (C=O) groups is 2. The van der Waals surface area contributed by atoms with Crippen molar-refractivity contribution < 1.29 is 28.3 Å². The van der Waals surface area contributed by atoms with Crippen molar-refractivity contribution in [2.24, 2.45) is 0 Å². The molecule has 2 aromatic carbocycles. The highest BCUT2D eigenvalue weighted by atomic mass is 32.2. The van der Waals surface area contributed by atoms with Gasteiger partial charge in [0.2, 0.25) is 6.41 Å². The lowest BCUT2D eigenvalue weighted by molar-refractivity contribution is -0.158. The number of nitrogens with zero attached hydrogens (tertiary/aromatic N) is 2. The number of para-hydroxylation sites is 1. The summed E-state index contributed by atoms with van der Waals surface area (Å²) in [4.78, 5) is 26.3. The second kappa shape index (κ2) is 8.38. The molecule has 0 fully saturated rings. The second-order valence-electron chi connectivity index (χ2n) is 6.52. The van der Waals surface area contributed by atoms with E-state index < -0.39 is 27.6 Å². The lowest BCUT2D eigenvalue weighted by Crippen LogP contribution is -2.30. The molecule has 0 spiro atoms. The van der Waals surface area contributed by atoms with Crippen LogP contribution < -0.4 is 0 Å². The molecule has 150 valence electrons. The predicted octanol–water partition coefficient (Wildman–Crippen LogP) is 2.44. The van der Waals surface area contributed by atoms with E-state index in [9.17, 15) is 23.2 Å². The quantitative estimate of drug-likeness (QED) is 0.329. The number of fused-ring (bicyclic) bond motifs is 1. The van der Waals surface area contributed by atoms with E-state index in [0.29, 0.717) is 11.1 Å². The van der Waals surface area contributed by atoms with Crippen molar-refractivity contribution in [3.8, 4) is 0 Å². The van der Waals surface area contributed by atoms with Gasteiger partial charge in [-0.3, -0.25) is 15.0 Å². The molecule has 0 saturated heterocycles. The Labute approximate surface area is 166 Å². The molecule has 2 N–H and O–H groups in total. The fraction of sp³-hybridized carbons (Fsp3) is 0.150. The summed E-state index contributed by atoms with van der Waals surface area (Å²) in [5, 5.41) is 19.9. The van der Waals surface area contributed by atoms with E-state index in [2.05, 4.69) is 4.98 Å². The molecule has 1 unspecified atom stereocenters. The van der Waals surface area contributed by atoms with Crippen LogP contribution >= 0.6 is 0 Å². The molecule has 0 radical (unpaired) electrons. The van der Waals surface area contributed by atoms with Crippen LogP contribution in [0.15, 0.2) is 60.8 Å². The molecule has 1 aromatic heterocycles. The zero-order chi connectivity index (χ0) is 21.0. The predicted molar refractivity (Wildman–Crippen MR) is 105 cm³/mol. The van der Waals surface area contributed by atoms with E-state index in [1.165, 1.54) is 30.5 Å². The molecule has 8 nitrogen and oxygen atoms in total. The van der Waals surface area contributed by atoms with Gasteiger partial charge in [-0.2, -0.15) is 0 Å². The zero-order valence-electron chi connectivity index (χ0n) is 15.2. The van der Waals surface area contributed by atoms with E-state index in [1.54, 1.807) is 6.07 Å². The van der Waals surface area contributed by atoms with Crippen molar-refractivity contribution >= 4 is 33.1 Å². The van der Waals surface area contributed by atoms with Crippen molar-refractivity contribution in [2.45, 2.75) is 11.8 Å². The summed E-state index contributed by atoms with van der Waals surface area (Å²) in [6.45, 7) is 0. The average molecular weight is 414 g/mol. The number of carboxylic acid groups (broad SMARTS) is 1. The van der Waals surface area contributed by atoms with Gasteiger partial charge in [-0.1, -0.05) is 30.3 Å². The Morgan fingerprint density at radius 2 is 1.83 bits per heavy atom. The Balaban J connectivity index is 1.85. The average Bonchev–Trinajstić information content (AvgIpc) is 2.71. The van der Waals surface area contributed by atoms with Crippen LogP contribution in [-0.4, -0.2) is 46.9 Å². The van der Waals surface area contributed by atoms with Crippen molar-refractivity contribution in [1.29, 1.82) is 0 Å². The number of pyridine rings is 1. The minimum Gasteiger partial charge on any atom is -0.478 e. The summed E-state index contributed by atoms with van der Waals surface area (Å²) in [7, 11) is -3.75. The Morgan fingerprint density at radius 3 is 2.48 bits per heavy atom. The lowest BCUT2D eigenvalue weighted by atomic mass is 10.1. The zero-order valence-corrected chi connectivity index (χ0v) is 16.0. The fourth-order valence-corrected chi connectivity index (χ4v) is 4.61. The number of carbonyl (C=O) groups excluding carboxylic acids is 1. The molecule has 0 saturated carbocycles. The summed E-state index contributed by atoms with van der Waals surface area (Å²) < 4.78 is 25.5. The third kappa shape index (κ3) is 4.95. The molecule has 29 heavy (non-hydrogen) atoms. The number of aromatic carboxylic acids is 1. The van der Waals surface area contributed by atoms with Crippen LogP contribution in [0.25, 0.3) is 10.9 Å². The first-order valence-corrected chi connectivity index (χ1v) is 10.4. The van der Waals surface area contributed by atoms with Gasteiger partial charge in [0, 0.05) is 11.6 Å². The van der Waals surface area contributed by atoms with Crippen LogP contribution in [-0.2, 0) is 20.4 Å². The first kappa shape index (κ1) is 20.4. The van der Waals surface area contributed by atoms with E-state index in [-0.39, 0.29) is 22.8 Å². The van der Waals surface area contributed by atoms with Gasteiger partial charge in [0.05, 0.1) is 28.6 Å². The van der Waals surface area contributed by atoms with Gasteiger partial charge >= 0.3 is 5.97 Å². The number of amides is 1. The van der Waals surface area contributed by atoms with E-state index >= 15 is 0 Å². The largest absolute Gasteiger partial charge is 0.478 e. The van der Waals surface area contributed by atoms with Gasteiger partial charge in [0.25, 0.3) is 0 Å². The highest BCUT2D eigenvalue weighted by molar-refractivity contribution is 7.90. The highest BCUT2D eigenvalue weighted by Crippen LogP contribution is 2.23. The van der Waals surface area contributed by atoms with E-state index in [0.717, 1.165) is 10.9 Å².